The first-order chi connectivity index (χ1) is 11.0. The number of aromatic nitrogens is 1. The maximum atomic E-state index is 13.3. The molecule has 1 aromatic heterocycles. The third kappa shape index (κ3) is 3.35. The number of carbonyl (C=O) groups is 2. The zero-order valence-electron chi connectivity index (χ0n) is 12.9. The number of cyclic esters (lactones) is 1. The molecule has 1 aromatic rings. The topological polar surface area (TPSA) is 66.0 Å². The van der Waals surface area contributed by atoms with Gasteiger partial charge in [-0.2, -0.15) is 4.39 Å². The van der Waals surface area contributed by atoms with Crippen LogP contribution in [-0.4, -0.2) is 72.2 Å². The maximum Gasteiger partial charge on any atom is 0.410 e. The molecule has 0 N–H and O–H groups in total. The van der Waals surface area contributed by atoms with Crippen molar-refractivity contribution in [2.24, 2.45) is 0 Å². The van der Waals surface area contributed by atoms with Gasteiger partial charge in [-0.25, -0.2) is 9.78 Å². The number of anilines is 1. The van der Waals surface area contributed by atoms with Crippen molar-refractivity contribution in [1.29, 1.82) is 0 Å². The van der Waals surface area contributed by atoms with Crippen LogP contribution in [0.25, 0.3) is 0 Å². The summed E-state index contributed by atoms with van der Waals surface area (Å²) in [6, 6.07) is 4.72. The number of ether oxygens (including phenoxy) is 1. The fourth-order valence-electron chi connectivity index (χ4n) is 2.91. The molecule has 2 amide bonds. The number of hydrogen-bond donors (Lipinski definition) is 0. The quantitative estimate of drug-likeness (QED) is 0.767. The van der Waals surface area contributed by atoms with Crippen LogP contribution in [0, 0.1) is 5.95 Å². The summed E-state index contributed by atoms with van der Waals surface area (Å²) in [5.74, 6) is -0.0315. The van der Waals surface area contributed by atoms with Gasteiger partial charge in [0.25, 0.3) is 0 Å². The van der Waals surface area contributed by atoms with E-state index in [0.29, 0.717) is 38.6 Å². The van der Waals surface area contributed by atoms with E-state index in [0.717, 1.165) is 0 Å². The zero-order valence-corrected chi connectivity index (χ0v) is 12.9. The molecule has 124 valence electrons. The van der Waals surface area contributed by atoms with Crippen molar-refractivity contribution in [3.8, 4) is 0 Å². The average Bonchev–Trinajstić information content (AvgIpc) is 2.92. The summed E-state index contributed by atoms with van der Waals surface area (Å²) in [6.45, 7) is 4.41. The van der Waals surface area contributed by atoms with Gasteiger partial charge in [0, 0.05) is 25.7 Å². The molecule has 1 unspecified atom stereocenters. The second-order valence-corrected chi connectivity index (χ2v) is 5.74. The zero-order chi connectivity index (χ0) is 16.4. The van der Waals surface area contributed by atoms with Crippen LogP contribution in [-0.2, 0) is 9.53 Å². The van der Waals surface area contributed by atoms with Crippen LogP contribution in [0.2, 0.25) is 0 Å². The molecule has 1 atom stereocenters. The fraction of sp³-hybridized carbons (Fsp3) is 0.533. The van der Waals surface area contributed by atoms with Gasteiger partial charge in [-0.05, 0) is 19.1 Å². The number of pyridine rings is 1. The van der Waals surface area contributed by atoms with Crippen molar-refractivity contribution in [3.63, 3.8) is 0 Å². The smallest absolute Gasteiger partial charge is 0.410 e. The predicted octanol–water partition coefficient (Wildman–Crippen LogP) is 0.710. The maximum absolute atomic E-state index is 13.3. The first-order valence-electron chi connectivity index (χ1n) is 7.63. The molecule has 7 nitrogen and oxygen atoms in total. The number of piperazine rings is 1. The molecule has 23 heavy (non-hydrogen) atoms. The Hall–Kier alpha value is -2.38. The average molecular weight is 322 g/mol. The summed E-state index contributed by atoms with van der Waals surface area (Å²) in [6.07, 6.45) is -0.436. The lowest BCUT2D eigenvalue weighted by Crippen LogP contribution is -2.55. The lowest BCUT2D eigenvalue weighted by Gasteiger charge is -2.40. The van der Waals surface area contributed by atoms with Crippen LogP contribution in [0.1, 0.15) is 6.92 Å². The number of carbonyl (C=O) groups excluding carboxylic acids is 2. The molecule has 3 rings (SSSR count). The molecule has 8 heteroatoms. The highest BCUT2D eigenvalue weighted by molar-refractivity contribution is 5.83. The third-order valence-corrected chi connectivity index (χ3v) is 4.15. The van der Waals surface area contributed by atoms with Gasteiger partial charge in [-0.1, -0.05) is 6.07 Å². The number of nitrogens with zero attached hydrogens (tertiary/aromatic N) is 4. The van der Waals surface area contributed by atoms with Gasteiger partial charge in [0.05, 0.1) is 6.54 Å². The van der Waals surface area contributed by atoms with Crippen molar-refractivity contribution in [2.45, 2.75) is 13.0 Å². The molecule has 2 saturated heterocycles. The van der Waals surface area contributed by atoms with Crippen LogP contribution in [0.5, 0.6) is 0 Å². The second kappa shape index (κ2) is 6.39. The first-order valence-corrected chi connectivity index (χ1v) is 7.63. The number of hydrogen-bond acceptors (Lipinski definition) is 5. The van der Waals surface area contributed by atoms with Crippen molar-refractivity contribution >= 4 is 17.8 Å². The molecule has 2 aliphatic heterocycles. The molecular weight excluding hydrogens is 303 g/mol. The Kier molecular flexibility index (Phi) is 4.31. The number of rotatable bonds is 3. The summed E-state index contributed by atoms with van der Waals surface area (Å²) in [7, 11) is 0. The van der Waals surface area contributed by atoms with Gasteiger partial charge in [0.15, 0.2) is 0 Å². The lowest BCUT2D eigenvalue weighted by atomic mass is 10.2. The lowest BCUT2D eigenvalue weighted by molar-refractivity contribution is -0.132. The van der Waals surface area contributed by atoms with Crippen LogP contribution in [0.4, 0.5) is 15.0 Å². The van der Waals surface area contributed by atoms with Gasteiger partial charge in [0.1, 0.15) is 19.0 Å². The largest absolute Gasteiger partial charge is 0.448 e. The Labute approximate surface area is 133 Å². The molecule has 0 saturated carbocycles. The fourth-order valence-corrected chi connectivity index (χ4v) is 2.91. The molecular formula is C15H19FN4O3. The van der Waals surface area contributed by atoms with Crippen molar-refractivity contribution in [2.75, 3.05) is 44.2 Å². The summed E-state index contributed by atoms with van der Waals surface area (Å²) in [5.41, 5.74) is 0. The van der Waals surface area contributed by atoms with Crippen molar-refractivity contribution in [3.05, 3.63) is 24.1 Å². The van der Waals surface area contributed by atoms with Crippen molar-refractivity contribution < 1.29 is 18.7 Å². The highest BCUT2D eigenvalue weighted by Gasteiger charge is 2.31. The third-order valence-electron chi connectivity index (χ3n) is 4.15. The van der Waals surface area contributed by atoms with E-state index in [4.69, 9.17) is 4.74 Å². The standard InChI is InChI=1S/C15H19FN4O3/c1-11-9-18(14(21)10-19-7-8-23-15(19)22)5-6-20(11)13-4-2-3-12(16)17-13/h2-4,11H,5-10H2,1H3. The molecule has 0 spiro atoms. The highest BCUT2D eigenvalue weighted by atomic mass is 19.1. The monoisotopic (exact) mass is 322 g/mol. The predicted molar refractivity (Wildman–Crippen MR) is 80.5 cm³/mol. The Balaban J connectivity index is 1.59. The van der Waals surface area contributed by atoms with E-state index in [-0.39, 0.29) is 18.5 Å². The normalized spacial score (nSPS) is 21.6. The Morgan fingerprint density at radius 1 is 1.39 bits per heavy atom. The van der Waals surface area contributed by atoms with Crippen LogP contribution >= 0.6 is 0 Å². The number of halogens is 1. The van der Waals surface area contributed by atoms with E-state index in [9.17, 15) is 14.0 Å². The molecule has 2 fully saturated rings. The highest BCUT2D eigenvalue weighted by Crippen LogP contribution is 2.19. The molecule has 2 aliphatic rings. The van der Waals surface area contributed by atoms with E-state index < -0.39 is 12.0 Å². The van der Waals surface area contributed by atoms with Gasteiger partial charge in [-0.15, -0.1) is 0 Å². The van der Waals surface area contributed by atoms with Gasteiger partial charge in [0.2, 0.25) is 11.9 Å². The molecule has 0 aromatic carbocycles. The molecule has 0 bridgehead atoms. The minimum Gasteiger partial charge on any atom is -0.448 e. The van der Waals surface area contributed by atoms with Gasteiger partial charge < -0.3 is 14.5 Å². The first kappa shape index (κ1) is 15.5. The van der Waals surface area contributed by atoms with Crippen LogP contribution in [0.15, 0.2) is 18.2 Å². The summed E-state index contributed by atoms with van der Waals surface area (Å²) in [4.78, 5) is 32.7. The summed E-state index contributed by atoms with van der Waals surface area (Å²) < 4.78 is 18.1. The Morgan fingerprint density at radius 3 is 2.87 bits per heavy atom. The molecule has 3 heterocycles. The van der Waals surface area contributed by atoms with Crippen LogP contribution in [0.3, 0.4) is 0 Å². The van der Waals surface area contributed by atoms with E-state index in [1.807, 2.05) is 11.8 Å². The minimum absolute atomic E-state index is 0.0209. The van der Waals surface area contributed by atoms with E-state index in [1.54, 1.807) is 17.0 Å². The SMILES string of the molecule is CC1CN(C(=O)CN2CCOC2=O)CCN1c1cccc(F)n1. The molecule has 0 radical (unpaired) electrons. The van der Waals surface area contributed by atoms with Gasteiger partial charge >= 0.3 is 6.09 Å². The van der Waals surface area contributed by atoms with Gasteiger partial charge in [-0.3, -0.25) is 9.69 Å². The van der Waals surface area contributed by atoms with Crippen molar-refractivity contribution in [1.82, 2.24) is 14.8 Å². The Morgan fingerprint density at radius 2 is 2.22 bits per heavy atom. The summed E-state index contributed by atoms with van der Waals surface area (Å²) >= 11 is 0. The minimum atomic E-state index is -0.513. The number of amides is 2. The van der Waals surface area contributed by atoms with E-state index in [2.05, 4.69) is 4.98 Å². The second-order valence-electron chi connectivity index (χ2n) is 5.74. The van der Waals surface area contributed by atoms with Crippen LogP contribution < -0.4 is 4.90 Å². The van der Waals surface area contributed by atoms with E-state index in [1.165, 1.54) is 11.0 Å². The molecule has 0 aliphatic carbocycles. The van der Waals surface area contributed by atoms with E-state index >= 15 is 0 Å². The Bertz CT molecular complexity index is 612. The summed E-state index contributed by atoms with van der Waals surface area (Å²) in [5, 5.41) is 0.